The first-order valence-electron chi connectivity index (χ1n) is 9.33. The molecule has 33 heavy (non-hydrogen) atoms. The van der Waals surface area contributed by atoms with Crippen LogP contribution in [-0.2, 0) is 18.8 Å². The number of alkyl halides is 6. The van der Waals surface area contributed by atoms with Gasteiger partial charge in [-0.2, -0.15) is 26.3 Å². The summed E-state index contributed by atoms with van der Waals surface area (Å²) in [6.45, 7) is 0. The van der Waals surface area contributed by atoms with Crippen LogP contribution in [0.15, 0.2) is 76.5 Å². The van der Waals surface area contributed by atoms with Gasteiger partial charge in [-0.3, -0.25) is 9.59 Å². The van der Waals surface area contributed by atoms with Gasteiger partial charge >= 0.3 is 12.4 Å². The third kappa shape index (κ3) is 6.55. The first-order valence-corrected chi connectivity index (χ1v) is 9.33. The topological polar surface area (TPSA) is 74.3 Å². The number of pyridine rings is 1. The molecule has 3 aromatic rings. The average Bonchev–Trinajstić information content (AvgIpc) is 2.73. The van der Waals surface area contributed by atoms with E-state index >= 15 is 0 Å². The summed E-state index contributed by atoms with van der Waals surface area (Å²) in [5.74, 6) is -0.925. The fraction of sp³-hybridized carbons (Fsp3) is 0.136. The normalized spacial score (nSPS) is 12.5. The molecule has 0 saturated heterocycles. The Labute approximate surface area is 182 Å². The SMILES string of the molecule is O=C(NC(Cc1cccc(C(F)(F)F)c1)=Nc1cccc(=O)[nH]1)c1ccc(C(F)(F)F)cc1. The number of nitrogens with zero attached hydrogens (tertiary/aromatic N) is 1. The van der Waals surface area contributed by atoms with Crippen LogP contribution in [0.5, 0.6) is 0 Å². The fourth-order valence-corrected chi connectivity index (χ4v) is 2.82. The number of benzene rings is 2. The van der Waals surface area contributed by atoms with E-state index in [9.17, 15) is 35.9 Å². The number of rotatable bonds is 4. The number of amides is 1. The zero-order chi connectivity index (χ0) is 24.2. The molecule has 0 aliphatic rings. The van der Waals surface area contributed by atoms with Gasteiger partial charge in [-0.15, -0.1) is 0 Å². The molecule has 11 heteroatoms. The van der Waals surface area contributed by atoms with Crippen molar-refractivity contribution in [3.63, 3.8) is 0 Å². The van der Waals surface area contributed by atoms with Crippen molar-refractivity contribution >= 4 is 17.6 Å². The number of hydrogen-bond donors (Lipinski definition) is 2. The molecule has 0 spiro atoms. The van der Waals surface area contributed by atoms with E-state index in [1.807, 2.05) is 0 Å². The highest BCUT2D eigenvalue weighted by molar-refractivity contribution is 6.07. The summed E-state index contributed by atoms with van der Waals surface area (Å²) in [4.78, 5) is 30.6. The van der Waals surface area contributed by atoms with E-state index < -0.39 is 34.9 Å². The smallest absolute Gasteiger partial charge is 0.310 e. The van der Waals surface area contributed by atoms with Gasteiger partial charge in [-0.25, -0.2) is 4.99 Å². The zero-order valence-electron chi connectivity index (χ0n) is 16.6. The van der Waals surface area contributed by atoms with E-state index in [0.717, 1.165) is 36.4 Å². The van der Waals surface area contributed by atoms with Crippen molar-refractivity contribution in [1.82, 2.24) is 10.3 Å². The van der Waals surface area contributed by atoms with Gasteiger partial charge in [0, 0.05) is 18.1 Å². The van der Waals surface area contributed by atoms with Crippen molar-refractivity contribution in [2.45, 2.75) is 18.8 Å². The molecule has 2 aromatic carbocycles. The molecule has 0 radical (unpaired) electrons. The van der Waals surface area contributed by atoms with Gasteiger partial charge in [0.2, 0.25) is 5.56 Å². The molecule has 1 heterocycles. The maximum absolute atomic E-state index is 13.0. The molecule has 0 aliphatic carbocycles. The molecule has 0 unspecified atom stereocenters. The third-order valence-electron chi connectivity index (χ3n) is 4.37. The van der Waals surface area contributed by atoms with Crippen LogP contribution in [0.1, 0.15) is 27.0 Å². The Morgan fingerprint density at radius 1 is 0.848 bits per heavy atom. The molecule has 1 amide bonds. The second kappa shape index (κ2) is 9.31. The molecule has 172 valence electrons. The van der Waals surface area contributed by atoms with Crippen molar-refractivity contribution in [2.24, 2.45) is 4.99 Å². The molecule has 0 saturated carbocycles. The van der Waals surface area contributed by atoms with E-state index in [1.165, 1.54) is 30.3 Å². The van der Waals surface area contributed by atoms with Gasteiger partial charge < -0.3 is 10.3 Å². The number of amidine groups is 1. The molecule has 0 fully saturated rings. The van der Waals surface area contributed by atoms with E-state index in [-0.39, 0.29) is 29.2 Å². The first kappa shape index (κ1) is 23.8. The summed E-state index contributed by atoms with van der Waals surface area (Å²) in [6, 6.07) is 11.7. The van der Waals surface area contributed by atoms with Gasteiger partial charge in [0.25, 0.3) is 5.91 Å². The zero-order valence-corrected chi connectivity index (χ0v) is 16.6. The Morgan fingerprint density at radius 2 is 1.48 bits per heavy atom. The summed E-state index contributed by atoms with van der Waals surface area (Å²) in [7, 11) is 0. The van der Waals surface area contributed by atoms with Crippen LogP contribution in [0, 0.1) is 0 Å². The van der Waals surface area contributed by atoms with Crippen LogP contribution in [-0.4, -0.2) is 16.7 Å². The number of nitrogens with one attached hydrogen (secondary N) is 2. The average molecular weight is 467 g/mol. The predicted octanol–water partition coefficient (Wildman–Crippen LogP) is 5.12. The summed E-state index contributed by atoms with van der Waals surface area (Å²) in [6.07, 6.45) is -9.42. The Bertz CT molecular complexity index is 1230. The molecule has 0 bridgehead atoms. The van der Waals surface area contributed by atoms with Crippen molar-refractivity contribution in [3.8, 4) is 0 Å². The highest BCUT2D eigenvalue weighted by Crippen LogP contribution is 2.30. The molecule has 0 aliphatic heterocycles. The minimum Gasteiger partial charge on any atom is -0.310 e. The van der Waals surface area contributed by atoms with Crippen molar-refractivity contribution in [3.05, 3.63) is 99.3 Å². The highest BCUT2D eigenvalue weighted by atomic mass is 19.4. The van der Waals surface area contributed by atoms with Gasteiger partial charge in [-0.1, -0.05) is 24.3 Å². The number of H-pyrrole nitrogens is 1. The van der Waals surface area contributed by atoms with E-state index in [0.29, 0.717) is 0 Å². The molecule has 5 nitrogen and oxygen atoms in total. The van der Waals surface area contributed by atoms with Crippen molar-refractivity contribution < 1.29 is 31.1 Å². The Balaban J connectivity index is 1.91. The molecule has 3 rings (SSSR count). The second-order valence-corrected chi connectivity index (χ2v) is 6.86. The number of halogens is 6. The number of aromatic amines is 1. The summed E-state index contributed by atoms with van der Waals surface area (Å²) in [5.41, 5.74) is -2.31. The molecule has 2 N–H and O–H groups in total. The fourth-order valence-electron chi connectivity index (χ4n) is 2.82. The second-order valence-electron chi connectivity index (χ2n) is 6.86. The number of hydrogen-bond acceptors (Lipinski definition) is 3. The number of aliphatic imine (C=N–C) groups is 1. The first-order chi connectivity index (χ1) is 15.4. The lowest BCUT2D eigenvalue weighted by atomic mass is 10.1. The number of carbonyl (C=O) groups is 1. The largest absolute Gasteiger partial charge is 0.416 e. The quantitative estimate of drug-likeness (QED) is 0.318. The monoisotopic (exact) mass is 467 g/mol. The van der Waals surface area contributed by atoms with E-state index in [2.05, 4.69) is 15.3 Å². The standard InChI is InChI=1S/C22H15F6N3O2/c23-21(24,25)15-9-7-14(8-10-15)20(33)31-18(29-17-5-2-6-19(32)30-17)12-13-3-1-4-16(11-13)22(26,27)28/h1-11H,12H2,(H2,29,30,31,32,33). The van der Waals surface area contributed by atoms with Crippen molar-refractivity contribution in [1.29, 1.82) is 0 Å². The number of carbonyl (C=O) groups excluding carboxylic acids is 1. The van der Waals surface area contributed by atoms with Gasteiger partial charge in [0.1, 0.15) is 11.7 Å². The van der Waals surface area contributed by atoms with Gasteiger partial charge in [-0.05, 0) is 42.0 Å². The van der Waals surface area contributed by atoms with Crippen LogP contribution in [0.3, 0.4) is 0 Å². The lowest BCUT2D eigenvalue weighted by Crippen LogP contribution is -2.32. The van der Waals surface area contributed by atoms with Crippen LogP contribution in [0.25, 0.3) is 0 Å². The minimum absolute atomic E-state index is 0.0252. The van der Waals surface area contributed by atoms with Crippen LogP contribution in [0.2, 0.25) is 0 Å². The van der Waals surface area contributed by atoms with Gasteiger partial charge in [0.15, 0.2) is 0 Å². The van der Waals surface area contributed by atoms with E-state index in [1.54, 1.807) is 0 Å². The number of aromatic nitrogens is 1. The Morgan fingerprint density at radius 3 is 2.09 bits per heavy atom. The van der Waals surface area contributed by atoms with Crippen LogP contribution >= 0.6 is 0 Å². The van der Waals surface area contributed by atoms with Crippen LogP contribution < -0.4 is 10.9 Å². The lowest BCUT2D eigenvalue weighted by Gasteiger charge is -2.12. The predicted molar refractivity (Wildman–Crippen MR) is 108 cm³/mol. The summed E-state index contributed by atoms with van der Waals surface area (Å²) in [5, 5.41) is 2.39. The van der Waals surface area contributed by atoms with Crippen molar-refractivity contribution in [2.75, 3.05) is 0 Å². The maximum atomic E-state index is 13.0. The van der Waals surface area contributed by atoms with E-state index in [4.69, 9.17) is 0 Å². The molecule has 0 atom stereocenters. The Hall–Kier alpha value is -3.89. The van der Waals surface area contributed by atoms with Crippen LogP contribution in [0.4, 0.5) is 32.2 Å². The third-order valence-corrected chi connectivity index (χ3v) is 4.37. The minimum atomic E-state index is -4.58. The molecular formula is C22H15F6N3O2. The lowest BCUT2D eigenvalue weighted by molar-refractivity contribution is -0.138. The molecule has 1 aromatic heterocycles. The highest BCUT2D eigenvalue weighted by Gasteiger charge is 2.31. The molecular weight excluding hydrogens is 452 g/mol. The maximum Gasteiger partial charge on any atom is 0.416 e. The Kier molecular flexibility index (Phi) is 6.70. The van der Waals surface area contributed by atoms with Gasteiger partial charge in [0.05, 0.1) is 11.1 Å². The summed E-state index contributed by atoms with van der Waals surface area (Å²) >= 11 is 0. The summed E-state index contributed by atoms with van der Waals surface area (Å²) < 4.78 is 77.3.